The van der Waals surface area contributed by atoms with Crippen LogP contribution in [0.2, 0.25) is 0 Å². The Morgan fingerprint density at radius 2 is 1.92 bits per heavy atom. The number of carboxylic acid groups (broad SMARTS) is 1. The average molecular weight is 212 g/mol. The van der Waals surface area contributed by atoms with Crippen LogP contribution < -0.4 is 0 Å². The standard InChI is InChI=1S/C7H13FO4S/c1-5(8)3-4-13(11,12)6(2)7(9)10/h5-6H,3-4H2,1-2H3,(H,9,10). The van der Waals surface area contributed by atoms with E-state index in [-0.39, 0.29) is 6.42 Å². The van der Waals surface area contributed by atoms with Crippen molar-refractivity contribution in [3.05, 3.63) is 0 Å². The lowest BCUT2D eigenvalue weighted by Crippen LogP contribution is -2.29. The van der Waals surface area contributed by atoms with E-state index >= 15 is 0 Å². The molecule has 0 saturated carbocycles. The maximum absolute atomic E-state index is 12.3. The Morgan fingerprint density at radius 1 is 1.46 bits per heavy atom. The van der Waals surface area contributed by atoms with E-state index in [1.165, 1.54) is 6.92 Å². The highest BCUT2D eigenvalue weighted by Gasteiger charge is 2.27. The first kappa shape index (κ1) is 12.3. The third-order valence-electron chi connectivity index (χ3n) is 1.69. The van der Waals surface area contributed by atoms with Crippen LogP contribution in [-0.2, 0) is 14.6 Å². The quantitative estimate of drug-likeness (QED) is 0.725. The van der Waals surface area contributed by atoms with E-state index in [0.717, 1.165) is 6.92 Å². The van der Waals surface area contributed by atoms with Gasteiger partial charge >= 0.3 is 5.97 Å². The molecule has 4 nitrogen and oxygen atoms in total. The Bertz CT molecular complexity index is 270. The highest BCUT2D eigenvalue weighted by Crippen LogP contribution is 2.07. The van der Waals surface area contributed by atoms with E-state index in [9.17, 15) is 17.6 Å². The Kier molecular flexibility index (Phi) is 4.32. The second-order valence-corrected chi connectivity index (χ2v) is 5.36. The first-order valence-electron chi connectivity index (χ1n) is 3.86. The number of hydrogen-bond donors (Lipinski definition) is 1. The molecule has 1 N–H and O–H groups in total. The molecule has 2 atom stereocenters. The monoisotopic (exact) mass is 212 g/mol. The normalized spacial score (nSPS) is 16.5. The molecule has 2 unspecified atom stereocenters. The van der Waals surface area contributed by atoms with Gasteiger partial charge in [0.1, 0.15) is 0 Å². The molecule has 0 bridgehead atoms. The molecule has 0 rings (SSSR count). The van der Waals surface area contributed by atoms with E-state index in [1.807, 2.05) is 0 Å². The number of hydrogen-bond acceptors (Lipinski definition) is 3. The molecule has 0 aromatic rings. The topological polar surface area (TPSA) is 71.4 Å². The van der Waals surface area contributed by atoms with Gasteiger partial charge in [0.25, 0.3) is 0 Å². The van der Waals surface area contributed by atoms with Crippen LogP contribution in [0.25, 0.3) is 0 Å². The van der Waals surface area contributed by atoms with E-state index < -0.39 is 33.0 Å². The van der Waals surface area contributed by atoms with Crippen molar-refractivity contribution < 1.29 is 22.7 Å². The summed E-state index contributed by atoms with van der Waals surface area (Å²) >= 11 is 0. The Hall–Kier alpha value is -0.650. The van der Waals surface area contributed by atoms with E-state index in [0.29, 0.717) is 0 Å². The molecule has 0 saturated heterocycles. The van der Waals surface area contributed by atoms with Crippen molar-refractivity contribution in [2.75, 3.05) is 5.75 Å². The third-order valence-corrected chi connectivity index (χ3v) is 3.77. The summed E-state index contributed by atoms with van der Waals surface area (Å²) in [4.78, 5) is 10.3. The molecular weight excluding hydrogens is 199 g/mol. The summed E-state index contributed by atoms with van der Waals surface area (Å²) in [6.07, 6.45) is -1.38. The number of sulfone groups is 1. The number of halogens is 1. The summed E-state index contributed by atoms with van der Waals surface area (Å²) in [6.45, 7) is 2.32. The molecule has 0 aliphatic rings. The smallest absolute Gasteiger partial charge is 0.321 e. The van der Waals surface area contributed by atoms with Gasteiger partial charge in [0, 0.05) is 0 Å². The predicted octanol–water partition coefficient (Wildman–Crippen LogP) is 0.622. The van der Waals surface area contributed by atoms with Gasteiger partial charge in [0.15, 0.2) is 15.1 Å². The molecule has 78 valence electrons. The fourth-order valence-corrected chi connectivity index (χ4v) is 1.97. The van der Waals surface area contributed by atoms with Gasteiger partial charge in [-0.05, 0) is 20.3 Å². The van der Waals surface area contributed by atoms with Gasteiger partial charge in [-0.2, -0.15) is 0 Å². The van der Waals surface area contributed by atoms with Gasteiger partial charge in [-0.15, -0.1) is 0 Å². The van der Waals surface area contributed by atoms with Gasteiger partial charge < -0.3 is 5.11 Å². The van der Waals surface area contributed by atoms with Crippen LogP contribution in [0.1, 0.15) is 20.3 Å². The molecule has 6 heteroatoms. The lowest BCUT2D eigenvalue weighted by atomic mass is 10.3. The lowest BCUT2D eigenvalue weighted by molar-refractivity contribution is -0.136. The highest BCUT2D eigenvalue weighted by molar-refractivity contribution is 7.92. The maximum atomic E-state index is 12.3. The number of alkyl halides is 1. The zero-order chi connectivity index (χ0) is 10.6. The van der Waals surface area contributed by atoms with Crippen LogP contribution >= 0.6 is 0 Å². The second-order valence-electron chi connectivity index (χ2n) is 2.92. The summed E-state index contributed by atoms with van der Waals surface area (Å²) < 4.78 is 34.5. The molecule has 0 heterocycles. The van der Waals surface area contributed by atoms with E-state index in [4.69, 9.17) is 5.11 Å². The van der Waals surface area contributed by atoms with Crippen molar-refractivity contribution in [2.45, 2.75) is 31.7 Å². The van der Waals surface area contributed by atoms with Gasteiger partial charge in [0.2, 0.25) is 0 Å². The summed E-state index contributed by atoms with van der Waals surface area (Å²) in [7, 11) is -3.69. The van der Waals surface area contributed by atoms with Crippen molar-refractivity contribution in [1.29, 1.82) is 0 Å². The molecule has 13 heavy (non-hydrogen) atoms. The van der Waals surface area contributed by atoms with Crippen LogP contribution in [0.5, 0.6) is 0 Å². The molecule has 0 fully saturated rings. The van der Waals surface area contributed by atoms with Crippen LogP contribution in [-0.4, -0.2) is 36.7 Å². The molecule has 0 aromatic carbocycles. The van der Waals surface area contributed by atoms with Gasteiger partial charge in [-0.1, -0.05) is 0 Å². The second kappa shape index (κ2) is 4.55. The van der Waals surface area contributed by atoms with Crippen LogP contribution in [0.15, 0.2) is 0 Å². The minimum atomic E-state index is -3.69. The molecular formula is C7H13FO4S. The fraction of sp³-hybridized carbons (Fsp3) is 0.857. The first-order chi connectivity index (χ1) is 5.77. The van der Waals surface area contributed by atoms with Crippen molar-refractivity contribution in [2.24, 2.45) is 0 Å². The minimum absolute atomic E-state index is 0.153. The maximum Gasteiger partial charge on any atom is 0.321 e. The Labute approximate surface area is 76.7 Å². The number of carbonyl (C=O) groups is 1. The summed E-state index contributed by atoms with van der Waals surface area (Å²) in [5.41, 5.74) is 0. The zero-order valence-corrected chi connectivity index (χ0v) is 8.34. The highest BCUT2D eigenvalue weighted by atomic mass is 32.2. The van der Waals surface area contributed by atoms with Gasteiger partial charge in [-0.25, -0.2) is 12.8 Å². The van der Waals surface area contributed by atoms with E-state index in [1.54, 1.807) is 0 Å². The summed E-state index contributed by atoms with van der Waals surface area (Å²) in [5, 5.41) is 6.96. The predicted molar refractivity (Wildman–Crippen MR) is 46.1 cm³/mol. The fourth-order valence-electron chi connectivity index (χ4n) is 0.657. The number of aliphatic carboxylic acids is 1. The summed E-state index contributed by atoms with van der Waals surface area (Å²) in [6, 6.07) is 0. The molecule has 0 aromatic heterocycles. The number of rotatable bonds is 5. The summed E-state index contributed by atoms with van der Waals surface area (Å²) in [5.74, 6) is -1.82. The van der Waals surface area contributed by atoms with E-state index in [2.05, 4.69) is 0 Å². The Balaban J connectivity index is 4.33. The molecule has 0 aliphatic carbocycles. The lowest BCUT2D eigenvalue weighted by Gasteiger charge is -2.08. The first-order valence-corrected chi connectivity index (χ1v) is 5.57. The van der Waals surface area contributed by atoms with Crippen LogP contribution in [0.3, 0.4) is 0 Å². The molecule has 0 aliphatic heterocycles. The van der Waals surface area contributed by atoms with Crippen molar-refractivity contribution in [3.63, 3.8) is 0 Å². The zero-order valence-electron chi connectivity index (χ0n) is 7.53. The van der Waals surface area contributed by atoms with Crippen LogP contribution in [0, 0.1) is 0 Å². The van der Waals surface area contributed by atoms with Crippen molar-refractivity contribution in [1.82, 2.24) is 0 Å². The molecule has 0 spiro atoms. The molecule has 0 radical (unpaired) electrons. The SMILES string of the molecule is CC(F)CCS(=O)(=O)C(C)C(=O)O. The van der Waals surface area contributed by atoms with Crippen molar-refractivity contribution >= 4 is 15.8 Å². The largest absolute Gasteiger partial charge is 0.480 e. The van der Waals surface area contributed by atoms with Gasteiger partial charge in [0.05, 0.1) is 11.9 Å². The molecule has 0 amide bonds. The average Bonchev–Trinajstić information content (AvgIpc) is 1.99. The van der Waals surface area contributed by atoms with Gasteiger partial charge in [-0.3, -0.25) is 4.79 Å². The Morgan fingerprint density at radius 3 is 2.23 bits per heavy atom. The number of carboxylic acids is 1. The minimum Gasteiger partial charge on any atom is -0.480 e. The van der Waals surface area contributed by atoms with Crippen LogP contribution in [0.4, 0.5) is 4.39 Å². The third kappa shape index (κ3) is 4.21. The van der Waals surface area contributed by atoms with Crippen molar-refractivity contribution in [3.8, 4) is 0 Å².